The predicted octanol–water partition coefficient (Wildman–Crippen LogP) is -0.488. The molecule has 0 aromatic carbocycles. The molecule has 13 heavy (non-hydrogen) atoms. The van der Waals surface area contributed by atoms with Crippen LogP contribution in [-0.2, 0) is 4.74 Å². The maximum absolute atomic E-state index is 9.56. The Bertz CT molecular complexity index is 171. The monoisotopic (exact) mass is 190 g/mol. The summed E-state index contributed by atoms with van der Waals surface area (Å²) in [5, 5.41) is 28.4. The third kappa shape index (κ3) is 2.02. The Morgan fingerprint density at radius 1 is 1.00 bits per heavy atom. The highest BCUT2D eigenvalue weighted by Gasteiger charge is 2.42. The molecule has 0 aromatic heterocycles. The summed E-state index contributed by atoms with van der Waals surface area (Å²) in [5.41, 5.74) is 0. The highest BCUT2D eigenvalue weighted by molar-refractivity contribution is 4.91. The Balaban J connectivity index is 2.70. The van der Waals surface area contributed by atoms with Gasteiger partial charge in [0.15, 0.2) is 0 Å². The molecular weight excluding hydrogens is 172 g/mol. The molecule has 0 saturated carbocycles. The SMILES string of the molecule is CC(C)[C@H]1OC(C)[C@@H](O)[C@H](O)C1O. The van der Waals surface area contributed by atoms with E-state index in [4.69, 9.17) is 4.74 Å². The maximum Gasteiger partial charge on any atom is 0.111 e. The van der Waals surface area contributed by atoms with E-state index in [0.717, 1.165) is 0 Å². The van der Waals surface area contributed by atoms with Gasteiger partial charge in [-0.25, -0.2) is 0 Å². The Labute approximate surface area is 78.1 Å². The van der Waals surface area contributed by atoms with Crippen molar-refractivity contribution in [3.8, 4) is 0 Å². The van der Waals surface area contributed by atoms with Crippen LogP contribution < -0.4 is 0 Å². The molecule has 1 aliphatic rings. The lowest BCUT2D eigenvalue weighted by atomic mass is 9.90. The molecule has 1 aliphatic heterocycles. The molecule has 0 aromatic rings. The largest absolute Gasteiger partial charge is 0.388 e. The highest BCUT2D eigenvalue weighted by atomic mass is 16.5. The van der Waals surface area contributed by atoms with E-state index in [-0.39, 0.29) is 5.92 Å². The molecule has 1 heterocycles. The molecule has 4 nitrogen and oxygen atoms in total. The number of hydrogen-bond donors (Lipinski definition) is 3. The second-order valence-electron chi connectivity index (χ2n) is 4.02. The summed E-state index contributed by atoms with van der Waals surface area (Å²) in [4.78, 5) is 0. The van der Waals surface area contributed by atoms with Gasteiger partial charge in [-0.1, -0.05) is 13.8 Å². The van der Waals surface area contributed by atoms with Crippen molar-refractivity contribution < 1.29 is 20.1 Å². The van der Waals surface area contributed by atoms with Crippen molar-refractivity contribution in [3.05, 3.63) is 0 Å². The predicted molar refractivity (Wildman–Crippen MR) is 47.2 cm³/mol. The van der Waals surface area contributed by atoms with Crippen LogP contribution in [0.1, 0.15) is 20.8 Å². The van der Waals surface area contributed by atoms with Crippen molar-refractivity contribution in [1.82, 2.24) is 0 Å². The quantitative estimate of drug-likeness (QED) is 0.522. The number of ether oxygens (including phenoxy) is 1. The molecule has 0 aliphatic carbocycles. The molecule has 1 fully saturated rings. The van der Waals surface area contributed by atoms with Gasteiger partial charge in [-0.05, 0) is 12.8 Å². The van der Waals surface area contributed by atoms with Crippen molar-refractivity contribution in [1.29, 1.82) is 0 Å². The minimum atomic E-state index is -1.10. The number of aliphatic hydroxyl groups is 3. The van der Waals surface area contributed by atoms with Crippen molar-refractivity contribution in [2.24, 2.45) is 5.92 Å². The number of hydrogen-bond acceptors (Lipinski definition) is 4. The zero-order valence-electron chi connectivity index (χ0n) is 8.21. The molecule has 0 radical (unpaired) electrons. The molecule has 78 valence electrons. The Hall–Kier alpha value is -0.160. The Morgan fingerprint density at radius 2 is 1.54 bits per heavy atom. The lowest BCUT2D eigenvalue weighted by molar-refractivity contribution is -0.226. The molecule has 4 heteroatoms. The first-order chi connectivity index (χ1) is 5.95. The van der Waals surface area contributed by atoms with Gasteiger partial charge in [-0.2, -0.15) is 0 Å². The summed E-state index contributed by atoms with van der Waals surface area (Å²) in [7, 11) is 0. The van der Waals surface area contributed by atoms with E-state index in [1.165, 1.54) is 0 Å². The Morgan fingerprint density at radius 3 is 2.00 bits per heavy atom. The second-order valence-corrected chi connectivity index (χ2v) is 4.02. The average Bonchev–Trinajstić information content (AvgIpc) is 2.07. The minimum absolute atomic E-state index is 0.125. The molecule has 5 atom stereocenters. The maximum atomic E-state index is 9.56. The van der Waals surface area contributed by atoms with E-state index in [9.17, 15) is 15.3 Å². The molecule has 1 rings (SSSR count). The Kier molecular flexibility index (Phi) is 3.29. The van der Waals surface area contributed by atoms with Gasteiger partial charge < -0.3 is 20.1 Å². The molecular formula is C9H18O4. The van der Waals surface area contributed by atoms with Gasteiger partial charge >= 0.3 is 0 Å². The second kappa shape index (κ2) is 3.92. The first-order valence-corrected chi connectivity index (χ1v) is 4.64. The van der Waals surface area contributed by atoms with Gasteiger partial charge in [0, 0.05) is 0 Å². The molecule has 0 amide bonds. The van der Waals surface area contributed by atoms with E-state index >= 15 is 0 Å². The van der Waals surface area contributed by atoms with Gasteiger partial charge in [0.2, 0.25) is 0 Å². The van der Waals surface area contributed by atoms with E-state index in [1.54, 1.807) is 6.92 Å². The zero-order chi connectivity index (χ0) is 10.2. The van der Waals surface area contributed by atoms with E-state index in [1.807, 2.05) is 13.8 Å². The first-order valence-electron chi connectivity index (χ1n) is 4.64. The summed E-state index contributed by atoms with van der Waals surface area (Å²) in [5.74, 6) is 0.125. The van der Waals surface area contributed by atoms with Crippen molar-refractivity contribution >= 4 is 0 Å². The standard InChI is InChI=1S/C9H18O4/c1-4(2)9-8(12)7(11)6(10)5(3)13-9/h4-12H,1-3H3/t5?,6-,7+,8?,9-/m1/s1. The molecule has 1 saturated heterocycles. The van der Waals surface area contributed by atoms with Gasteiger partial charge in [-0.15, -0.1) is 0 Å². The first kappa shape index (κ1) is 10.9. The fraction of sp³-hybridized carbons (Fsp3) is 1.00. The molecule has 2 unspecified atom stereocenters. The molecule has 0 spiro atoms. The van der Waals surface area contributed by atoms with E-state index in [2.05, 4.69) is 0 Å². The van der Waals surface area contributed by atoms with Gasteiger partial charge in [0.25, 0.3) is 0 Å². The lowest BCUT2D eigenvalue weighted by Gasteiger charge is -2.41. The van der Waals surface area contributed by atoms with Crippen LogP contribution in [0.15, 0.2) is 0 Å². The van der Waals surface area contributed by atoms with Crippen molar-refractivity contribution in [2.75, 3.05) is 0 Å². The van der Waals surface area contributed by atoms with Crippen LogP contribution in [0, 0.1) is 5.92 Å². The topological polar surface area (TPSA) is 69.9 Å². The number of aliphatic hydroxyl groups excluding tert-OH is 3. The summed E-state index contributed by atoms with van der Waals surface area (Å²) < 4.78 is 5.38. The van der Waals surface area contributed by atoms with Gasteiger partial charge in [0.1, 0.15) is 18.3 Å². The zero-order valence-corrected chi connectivity index (χ0v) is 8.21. The summed E-state index contributed by atoms with van der Waals surface area (Å²) in [6, 6.07) is 0. The average molecular weight is 190 g/mol. The smallest absolute Gasteiger partial charge is 0.111 e. The van der Waals surface area contributed by atoms with Crippen LogP contribution in [0.2, 0.25) is 0 Å². The third-order valence-corrected chi connectivity index (χ3v) is 2.55. The van der Waals surface area contributed by atoms with Gasteiger partial charge in [0.05, 0.1) is 12.2 Å². The van der Waals surface area contributed by atoms with Crippen LogP contribution in [0.4, 0.5) is 0 Å². The molecule has 0 bridgehead atoms. The van der Waals surface area contributed by atoms with Crippen LogP contribution in [0.3, 0.4) is 0 Å². The van der Waals surface area contributed by atoms with Crippen molar-refractivity contribution in [3.63, 3.8) is 0 Å². The normalized spacial score (nSPS) is 46.8. The highest BCUT2D eigenvalue weighted by Crippen LogP contribution is 2.25. The minimum Gasteiger partial charge on any atom is -0.388 e. The third-order valence-electron chi connectivity index (χ3n) is 2.55. The van der Waals surface area contributed by atoms with Crippen LogP contribution >= 0.6 is 0 Å². The van der Waals surface area contributed by atoms with Crippen molar-refractivity contribution in [2.45, 2.75) is 51.3 Å². The van der Waals surface area contributed by atoms with Crippen LogP contribution in [0.25, 0.3) is 0 Å². The lowest BCUT2D eigenvalue weighted by Crippen LogP contribution is -2.57. The number of rotatable bonds is 1. The van der Waals surface area contributed by atoms with Crippen LogP contribution in [0.5, 0.6) is 0 Å². The van der Waals surface area contributed by atoms with E-state index in [0.29, 0.717) is 0 Å². The summed E-state index contributed by atoms with van der Waals surface area (Å²) in [6.45, 7) is 5.51. The molecule has 3 N–H and O–H groups in total. The van der Waals surface area contributed by atoms with Crippen LogP contribution in [-0.4, -0.2) is 45.8 Å². The fourth-order valence-corrected chi connectivity index (χ4v) is 1.63. The van der Waals surface area contributed by atoms with E-state index < -0.39 is 30.5 Å². The van der Waals surface area contributed by atoms with Gasteiger partial charge in [-0.3, -0.25) is 0 Å². The summed E-state index contributed by atoms with van der Waals surface area (Å²) in [6.07, 6.45) is -3.91. The summed E-state index contributed by atoms with van der Waals surface area (Å²) >= 11 is 0. The fourth-order valence-electron chi connectivity index (χ4n) is 1.63.